The van der Waals surface area contributed by atoms with Gasteiger partial charge in [-0.25, -0.2) is 9.48 Å². The van der Waals surface area contributed by atoms with Crippen molar-refractivity contribution in [2.75, 3.05) is 6.61 Å². The number of amides is 2. The van der Waals surface area contributed by atoms with Gasteiger partial charge in [-0.3, -0.25) is 14.4 Å². The summed E-state index contributed by atoms with van der Waals surface area (Å²) in [7, 11) is 0. The van der Waals surface area contributed by atoms with Crippen LogP contribution >= 0.6 is 0 Å². The van der Waals surface area contributed by atoms with Crippen molar-refractivity contribution in [3.8, 4) is 0 Å². The molecule has 9 heteroatoms. The average molecular weight is 703 g/mol. The molecule has 8 rings (SSSR count). The van der Waals surface area contributed by atoms with Crippen LogP contribution in [-0.4, -0.2) is 44.6 Å². The minimum Gasteiger partial charge on any atom is -0.432 e. The van der Waals surface area contributed by atoms with Crippen molar-refractivity contribution in [2.24, 2.45) is 64.1 Å². The number of ether oxygens (including phenoxy) is 1. The lowest BCUT2D eigenvalue weighted by molar-refractivity contribution is -0.177. The molecule has 9 nitrogen and oxygen atoms in total. The molecule has 5 fully saturated rings. The molecule has 0 bridgehead atoms. The quantitative estimate of drug-likeness (QED) is 0.144. The van der Waals surface area contributed by atoms with E-state index in [1.165, 1.54) is 69.9 Å². The molecule has 1 unspecified atom stereocenters. The summed E-state index contributed by atoms with van der Waals surface area (Å²) in [5, 5.41) is 10.1. The summed E-state index contributed by atoms with van der Waals surface area (Å²) in [6.07, 6.45) is 20.5. The topological polar surface area (TPSA) is 104 Å². The Kier molecular flexibility index (Phi) is 9.43. The van der Waals surface area contributed by atoms with Crippen LogP contribution in [0.15, 0.2) is 11.6 Å². The minimum absolute atomic E-state index is 0.0718. The molecule has 0 N–H and O–H groups in total. The Morgan fingerprint density at radius 3 is 2.43 bits per heavy atom. The molecule has 1 aromatic heterocycles. The number of carbonyl (C=O) groups excluding carboxylic acids is 3. The molecule has 2 heterocycles. The van der Waals surface area contributed by atoms with E-state index in [4.69, 9.17) is 19.9 Å². The van der Waals surface area contributed by atoms with Crippen LogP contribution in [0.4, 0.5) is 4.79 Å². The van der Waals surface area contributed by atoms with Crippen LogP contribution in [0.25, 0.3) is 0 Å². The molecule has 0 spiro atoms. The van der Waals surface area contributed by atoms with Crippen LogP contribution < -0.4 is 0 Å². The van der Waals surface area contributed by atoms with Crippen molar-refractivity contribution in [1.29, 1.82) is 0 Å². The third kappa shape index (κ3) is 6.28. The summed E-state index contributed by atoms with van der Waals surface area (Å²) in [6, 6.07) is 0.382. The van der Waals surface area contributed by atoms with E-state index in [1.807, 2.05) is 0 Å². The predicted molar refractivity (Wildman–Crippen MR) is 193 cm³/mol. The molecule has 2 amide bonds. The van der Waals surface area contributed by atoms with Gasteiger partial charge in [0.25, 0.3) is 11.8 Å². The molecule has 4 saturated carbocycles. The maximum Gasteiger partial charge on any atom is 0.533 e. The average Bonchev–Trinajstić information content (AvgIpc) is 3.31. The summed E-state index contributed by atoms with van der Waals surface area (Å²) < 4.78 is 7.71. The van der Waals surface area contributed by atoms with Crippen LogP contribution in [0.1, 0.15) is 148 Å². The number of hydrogen-bond donors (Lipinski definition) is 0. The zero-order chi connectivity index (χ0) is 35.7. The van der Waals surface area contributed by atoms with Gasteiger partial charge >= 0.3 is 6.16 Å². The SMILES string of the molecule is CC(C)CCC[C@@H](C)C1CC[C@H]2[C@@H]3CC=C4C[C@@H](n5nnc6c5CC[C@@H]5[C@H](CC6)[C@@H]5COC(=O)ON5C(=O)CCC5=O)CC[C@]4(C)[C@H]3CC[C@]12C. The third-order valence-corrected chi connectivity index (χ3v) is 16.0. The molecule has 11 atom stereocenters. The molecule has 6 aliphatic carbocycles. The zero-order valence-electron chi connectivity index (χ0n) is 31.9. The van der Waals surface area contributed by atoms with Gasteiger partial charge in [-0.15, -0.1) is 5.10 Å². The molecule has 280 valence electrons. The molecule has 1 saturated heterocycles. The largest absolute Gasteiger partial charge is 0.533 e. The Bertz CT molecular complexity index is 1530. The lowest BCUT2D eigenvalue weighted by Gasteiger charge is -2.58. The molecule has 51 heavy (non-hydrogen) atoms. The van der Waals surface area contributed by atoms with E-state index in [0.29, 0.717) is 33.8 Å². The molecule has 0 aromatic carbocycles. The number of nitrogens with zero attached hydrogens (tertiary/aromatic N) is 4. The zero-order valence-corrected chi connectivity index (χ0v) is 31.9. The highest BCUT2D eigenvalue weighted by molar-refractivity contribution is 6.01. The number of hydroxylamine groups is 2. The van der Waals surface area contributed by atoms with Gasteiger partial charge in [-0.2, -0.15) is 0 Å². The number of fused-ring (bicyclic) bond motifs is 7. The van der Waals surface area contributed by atoms with Crippen molar-refractivity contribution in [1.82, 2.24) is 20.1 Å². The number of hydrogen-bond acceptors (Lipinski definition) is 7. The first-order chi connectivity index (χ1) is 24.5. The molecule has 1 aliphatic heterocycles. The molecule has 0 radical (unpaired) electrons. The van der Waals surface area contributed by atoms with Gasteiger partial charge in [0.05, 0.1) is 24.0 Å². The van der Waals surface area contributed by atoms with Gasteiger partial charge in [0, 0.05) is 12.8 Å². The molecular formula is C42H62N4O5. The lowest BCUT2D eigenvalue weighted by atomic mass is 9.47. The van der Waals surface area contributed by atoms with E-state index in [2.05, 4.69) is 45.4 Å². The van der Waals surface area contributed by atoms with Crippen LogP contribution in [0.2, 0.25) is 0 Å². The van der Waals surface area contributed by atoms with Crippen molar-refractivity contribution >= 4 is 18.0 Å². The van der Waals surface area contributed by atoms with Gasteiger partial charge in [-0.05, 0) is 141 Å². The number of allylic oxidation sites excluding steroid dienone is 2. The first kappa shape index (κ1) is 35.3. The van der Waals surface area contributed by atoms with Crippen molar-refractivity contribution in [3.05, 3.63) is 23.0 Å². The smallest absolute Gasteiger partial charge is 0.432 e. The van der Waals surface area contributed by atoms with E-state index in [1.54, 1.807) is 5.57 Å². The second kappa shape index (κ2) is 13.6. The standard InChI is InChI=1S/C42H62N4O5/c1-25(2)7-6-8-26(3)33-13-14-34-31-10-9-27-23-28(19-21-41(27,4)35(31)20-22-42(33,34)5)45-37-16-12-30-29(11-15-36(37)43-44-45)32(30)24-50-40(49)51-46-38(47)17-18-39(46)48/h9,25-26,28-35H,6-8,10-24H2,1-5H3/t26-,28+,29+,30-,31+,32+,33?,34+,35+,41+,42-/m1/s1. The maximum atomic E-state index is 12.3. The van der Waals surface area contributed by atoms with Crippen LogP contribution in [-0.2, 0) is 32.0 Å². The number of imide groups is 1. The molecule has 1 aromatic rings. The number of carbonyl (C=O) groups is 3. The van der Waals surface area contributed by atoms with Gasteiger partial charge in [0.1, 0.15) is 0 Å². The second-order valence-corrected chi connectivity index (χ2v) is 18.9. The highest BCUT2D eigenvalue weighted by Gasteiger charge is 2.59. The maximum absolute atomic E-state index is 12.3. The fraction of sp³-hybridized carbons (Fsp3) is 0.833. The van der Waals surface area contributed by atoms with Crippen LogP contribution in [0.5, 0.6) is 0 Å². The van der Waals surface area contributed by atoms with Crippen molar-refractivity contribution in [3.63, 3.8) is 0 Å². The Morgan fingerprint density at radius 1 is 0.902 bits per heavy atom. The number of aryl methyl sites for hydroxylation is 1. The van der Waals surface area contributed by atoms with Gasteiger partial charge in [0.2, 0.25) is 0 Å². The Labute approximate surface area is 305 Å². The minimum atomic E-state index is -0.970. The van der Waals surface area contributed by atoms with Crippen molar-refractivity contribution < 1.29 is 24.0 Å². The van der Waals surface area contributed by atoms with Gasteiger partial charge in [0.15, 0.2) is 0 Å². The molecular weight excluding hydrogens is 640 g/mol. The Hall–Kier alpha value is -2.71. The number of aromatic nitrogens is 3. The lowest BCUT2D eigenvalue weighted by Crippen LogP contribution is -2.50. The number of rotatable bonds is 9. The van der Waals surface area contributed by atoms with Gasteiger partial charge < -0.3 is 4.74 Å². The summed E-state index contributed by atoms with van der Waals surface area (Å²) in [5.74, 6) is 5.41. The van der Waals surface area contributed by atoms with E-state index >= 15 is 0 Å². The highest BCUT2D eigenvalue weighted by atomic mass is 16.8. The van der Waals surface area contributed by atoms with E-state index < -0.39 is 18.0 Å². The van der Waals surface area contributed by atoms with Gasteiger partial charge in [-0.1, -0.05) is 75.8 Å². The summed E-state index contributed by atoms with van der Waals surface area (Å²) in [4.78, 5) is 40.7. The van der Waals surface area contributed by atoms with Crippen molar-refractivity contribution in [2.45, 2.75) is 150 Å². The van der Waals surface area contributed by atoms with Crippen LogP contribution in [0, 0.1) is 64.1 Å². The van der Waals surface area contributed by atoms with E-state index in [9.17, 15) is 14.4 Å². The Balaban J connectivity index is 0.880. The van der Waals surface area contributed by atoms with E-state index in [-0.39, 0.29) is 25.4 Å². The summed E-state index contributed by atoms with van der Waals surface area (Å²) in [5.41, 5.74) is 5.03. The summed E-state index contributed by atoms with van der Waals surface area (Å²) >= 11 is 0. The Morgan fingerprint density at radius 2 is 1.67 bits per heavy atom. The fourth-order valence-electron chi connectivity index (χ4n) is 13.1. The normalized spacial score (nSPS) is 39.2. The highest BCUT2D eigenvalue weighted by Crippen LogP contribution is 2.68. The van der Waals surface area contributed by atoms with E-state index in [0.717, 1.165) is 73.3 Å². The monoisotopic (exact) mass is 702 g/mol. The predicted octanol–water partition coefficient (Wildman–Crippen LogP) is 8.82. The molecule has 7 aliphatic rings. The first-order valence-corrected chi connectivity index (χ1v) is 20.8. The summed E-state index contributed by atoms with van der Waals surface area (Å²) in [6.45, 7) is 12.9. The first-order valence-electron chi connectivity index (χ1n) is 20.8. The second-order valence-electron chi connectivity index (χ2n) is 18.9. The third-order valence-electron chi connectivity index (χ3n) is 16.0. The fourth-order valence-corrected chi connectivity index (χ4v) is 13.1. The van der Waals surface area contributed by atoms with Crippen LogP contribution in [0.3, 0.4) is 0 Å².